The van der Waals surface area contributed by atoms with Gasteiger partial charge in [-0.25, -0.2) is 0 Å². The molecule has 4 saturated carbocycles. The molecule has 172 valence electrons. The van der Waals surface area contributed by atoms with Crippen molar-refractivity contribution in [2.24, 2.45) is 52.8 Å². The maximum absolute atomic E-state index is 12.8. The molecule has 4 bridgehead atoms. The average Bonchev–Trinajstić information content (AvgIpc) is 3.49. The van der Waals surface area contributed by atoms with E-state index in [2.05, 4.69) is 10.6 Å². The highest BCUT2D eigenvalue weighted by Crippen LogP contribution is 2.53. The highest BCUT2D eigenvalue weighted by molar-refractivity contribution is 5.87. The van der Waals surface area contributed by atoms with Gasteiger partial charge in [0.15, 0.2) is 0 Å². The molecule has 0 spiro atoms. The second-order valence-electron chi connectivity index (χ2n) is 11.0. The summed E-state index contributed by atoms with van der Waals surface area (Å²) >= 11 is 0. The van der Waals surface area contributed by atoms with Crippen LogP contribution in [0.25, 0.3) is 0 Å². The van der Waals surface area contributed by atoms with E-state index < -0.39 is 41.0 Å². The minimum Gasteiger partial charge on any atom is -0.481 e. The maximum Gasteiger partial charge on any atom is 0.307 e. The molecule has 0 aromatic rings. The molecule has 8 heteroatoms. The van der Waals surface area contributed by atoms with E-state index in [1.54, 1.807) is 0 Å². The molecule has 4 fully saturated rings. The van der Waals surface area contributed by atoms with Gasteiger partial charge in [-0.15, -0.1) is 0 Å². The number of carbonyl (C=O) groups is 4. The summed E-state index contributed by atoms with van der Waals surface area (Å²) < 4.78 is 0. The Morgan fingerprint density at radius 2 is 1.00 bits per heavy atom. The van der Waals surface area contributed by atoms with Crippen LogP contribution in [0.1, 0.15) is 52.4 Å². The van der Waals surface area contributed by atoms with E-state index in [4.69, 9.17) is 0 Å². The lowest BCUT2D eigenvalue weighted by molar-refractivity contribution is -0.149. The van der Waals surface area contributed by atoms with Crippen LogP contribution in [0.3, 0.4) is 0 Å². The number of fused-ring (bicyclic) bond motifs is 4. The molecule has 0 aromatic heterocycles. The summed E-state index contributed by atoms with van der Waals surface area (Å²) in [6.45, 7) is 4.51. The molecule has 0 heterocycles. The molecule has 0 aliphatic heterocycles. The van der Waals surface area contributed by atoms with Crippen LogP contribution in [-0.4, -0.2) is 47.1 Å². The van der Waals surface area contributed by atoms with Gasteiger partial charge in [-0.3, -0.25) is 19.2 Å². The number of carboxylic acids is 2. The second kappa shape index (κ2) is 8.10. The third-order valence-corrected chi connectivity index (χ3v) is 8.49. The first-order valence-electron chi connectivity index (χ1n) is 11.6. The monoisotopic (exact) mass is 434 g/mol. The zero-order chi connectivity index (χ0) is 22.5. The van der Waals surface area contributed by atoms with Crippen molar-refractivity contribution in [3.63, 3.8) is 0 Å². The van der Waals surface area contributed by atoms with Crippen LogP contribution in [0.2, 0.25) is 0 Å². The van der Waals surface area contributed by atoms with E-state index in [0.717, 1.165) is 38.5 Å². The summed E-state index contributed by atoms with van der Waals surface area (Å²) in [6, 6.07) is 0. The molecule has 4 rings (SSSR count). The molecule has 8 nitrogen and oxygen atoms in total. The SMILES string of the molecule is CC(C)(CNC(=O)[C@@H]1[C@@H]2CC[C@@H](C2)[C@@H]1C(=O)O)CNC(=O)[C@@H]1[C@@H]2CC[C@@H](C2)[C@@H]1C(=O)O. The quantitative estimate of drug-likeness (QED) is 0.460. The molecule has 31 heavy (non-hydrogen) atoms. The summed E-state index contributed by atoms with van der Waals surface area (Å²) in [5, 5.41) is 25.0. The van der Waals surface area contributed by atoms with Crippen molar-refractivity contribution in [2.75, 3.05) is 13.1 Å². The fraction of sp³-hybridized carbons (Fsp3) is 0.826. The fourth-order valence-electron chi connectivity index (χ4n) is 7.00. The zero-order valence-electron chi connectivity index (χ0n) is 18.3. The lowest BCUT2D eigenvalue weighted by atomic mass is 9.78. The van der Waals surface area contributed by atoms with Gasteiger partial charge in [0, 0.05) is 13.1 Å². The first kappa shape index (κ1) is 22.1. The van der Waals surface area contributed by atoms with Crippen LogP contribution < -0.4 is 10.6 Å². The summed E-state index contributed by atoms with van der Waals surface area (Å²) in [7, 11) is 0. The van der Waals surface area contributed by atoms with E-state index in [0.29, 0.717) is 13.1 Å². The number of amides is 2. The number of hydrogen-bond acceptors (Lipinski definition) is 4. The fourth-order valence-corrected chi connectivity index (χ4v) is 7.00. The predicted octanol–water partition coefficient (Wildman–Crippen LogP) is 1.74. The predicted molar refractivity (Wildman–Crippen MR) is 111 cm³/mol. The van der Waals surface area contributed by atoms with Gasteiger partial charge in [-0.05, 0) is 67.6 Å². The van der Waals surface area contributed by atoms with Crippen LogP contribution in [-0.2, 0) is 19.2 Å². The Morgan fingerprint density at radius 1 is 0.677 bits per heavy atom. The van der Waals surface area contributed by atoms with Crippen molar-refractivity contribution in [2.45, 2.75) is 52.4 Å². The van der Waals surface area contributed by atoms with Gasteiger partial charge in [0.25, 0.3) is 0 Å². The largest absolute Gasteiger partial charge is 0.481 e. The molecule has 0 unspecified atom stereocenters. The molecular weight excluding hydrogens is 400 g/mol. The van der Waals surface area contributed by atoms with Crippen molar-refractivity contribution >= 4 is 23.8 Å². The van der Waals surface area contributed by atoms with E-state index in [1.165, 1.54) is 0 Å². The minimum absolute atomic E-state index is 0.106. The summed E-state index contributed by atoms with van der Waals surface area (Å²) in [5.41, 5.74) is -0.433. The maximum atomic E-state index is 12.8. The number of nitrogens with one attached hydrogen (secondary N) is 2. The van der Waals surface area contributed by atoms with Gasteiger partial charge >= 0.3 is 11.9 Å². The van der Waals surface area contributed by atoms with E-state index in [9.17, 15) is 29.4 Å². The zero-order valence-corrected chi connectivity index (χ0v) is 18.3. The van der Waals surface area contributed by atoms with Gasteiger partial charge in [0.2, 0.25) is 11.8 Å². The van der Waals surface area contributed by atoms with Crippen molar-refractivity contribution in [3.8, 4) is 0 Å². The highest BCUT2D eigenvalue weighted by atomic mass is 16.4. The Morgan fingerprint density at radius 3 is 1.32 bits per heavy atom. The minimum atomic E-state index is -0.877. The molecular formula is C23H34N2O6. The van der Waals surface area contributed by atoms with Gasteiger partial charge in [0.05, 0.1) is 23.7 Å². The molecule has 8 atom stereocenters. The first-order valence-corrected chi connectivity index (χ1v) is 11.6. The Labute approximate surface area is 182 Å². The van der Waals surface area contributed by atoms with Crippen LogP contribution in [0.4, 0.5) is 0 Å². The highest BCUT2D eigenvalue weighted by Gasteiger charge is 2.55. The smallest absolute Gasteiger partial charge is 0.307 e. The average molecular weight is 435 g/mol. The third-order valence-electron chi connectivity index (χ3n) is 8.49. The summed E-state index contributed by atoms with van der Waals surface area (Å²) in [4.78, 5) is 49.0. The Hall–Kier alpha value is -2.12. The summed E-state index contributed by atoms with van der Waals surface area (Å²) in [5.74, 6) is -3.74. The number of hydrogen-bond donors (Lipinski definition) is 4. The van der Waals surface area contributed by atoms with Crippen LogP contribution >= 0.6 is 0 Å². The molecule has 0 radical (unpaired) electrons. The van der Waals surface area contributed by atoms with E-state index in [1.807, 2.05) is 13.8 Å². The first-order chi connectivity index (χ1) is 14.6. The lowest BCUT2D eigenvalue weighted by Gasteiger charge is -2.31. The third kappa shape index (κ3) is 4.05. The molecule has 4 aliphatic carbocycles. The molecule has 0 aromatic carbocycles. The van der Waals surface area contributed by atoms with Gasteiger partial charge in [0.1, 0.15) is 0 Å². The molecule has 2 amide bonds. The van der Waals surface area contributed by atoms with Crippen molar-refractivity contribution < 1.29 is 29.4 Å². The standard InChI is InChI=1S/C23H34N2O6/c1-23(2,9-24-19(26)15-11-3-5-13(7-11)17(15)21(28)29)10-25-20(27)16-12-4-6-14(8-12)18(16)22(30)31/h11-18H,3-10H2,1-2H3,(H,24,26)(H,25,27)(H,28,29)(H,30,31)/t11-,12-,13+,14+,15-,16-,17+,18+/m1/s1. The Bertz CT molecular complexity index is 718. The van der Waals surface area contributed by atoms with E-state index >= 15 is 0 Å². The van der Waals surface area contributed by atoms with E-state index in [-0.39, 0.29) is 35.5 Å². The van der Waals surface area contributed by atoms with Gasteiger partial charge < -0.3 is 20.8 Å². The lowest BCUT2D eigenvalue weighted by Crippen LogP contribution is -2.48. The molecule has 4 aliphatic rings. The summed E-state index contributed by atoms with van der Waals surface area (Å²) in [6.07, 6.45) is 5.26. The second-order valence-corrected chi connectivity index (χ2v) is 11.0. The Kier molecular flexibility index (Phi) is 5.77. The number of aliphatic carboxylic acids is 2. The topological polar surface area (TPSA) is 133 Å². The number of rotatable bonds is 8. The number of carbonyl (C=O) groups excluding carboxylic acids is 2. The van der Waals surface area contributed by atoms with Crippen molar-refractivity contribution in [1.29, 1.82) is 0 Å². The van der Waals surface area contributed by atoms with Crippen LogP contribution in [0.15, 0.2) is 0 Å². The van der Waals surface area contributed by atoms with Crippen molar-refractivity contribution in [1.82, 2.24) is 10.6 Å². The molecule has 4 N–H and O–H groups in total. The molecule has 0 saturated heterocycles. The number of carboxylic acid groups (broad SMARTS) is 2. The Balaban J connectivity index is 1.29. The van der Waals surface area contributed by atoms with Crippen molar-refractivity contribution in [3.05, 3.63) is 0 Å². The van der Waals surface area contributed by atoms with Gasteiger partial charge in [-0.2, -0.15) is 0 Å². The van der Waals surface area contributed by atoms with Gasteiger partial charge in [-0.1, -0.05) is 13.8 Å². The normalized spacial score (nSPS) is 38.3. The van der Waals surface area contributed by atoms with Crippen LogP contribution in [0.5, 0.6) is 0 Å². The van der Waals surface area contributed by atoms with Crippen LogP contribution in [0, 0.1) is 52.8 Å².